The average molecular weight is 295 g/mol. The molecule has 21 heavy (non-hydrogen) atoms. The second kappa shape index (κ2) is 7.37. The Labute approximate surface area is 122 Å². The number of hydrogen-bond acceptors (Lipinski definition) is 7. The van der Waals surface area contributed by atoms with Gasteiger partial charge in [-0.15, -0.1) is 0 Å². The molecule has 1 heterocycles. The fraction of sp³-hybridized carbons (Fsp3) is 0.429. The lowest BCUT2D eigenvalue weighted by Crippen LogP contribution is -2.21. The monoisotopic (exact) mass is 295 g/mol. The summed E-state index contributed by atoms with van der Waals surface area (Å²) in [5.74, 6) is -1.98. The number of carbonyl (C=O) groups excluding carboxylic acids is 3. The van der Waals surface area contributed by atoms with Gasteiger partial charge in [0.15, 0.2) is 0 Å². The maximum atomic E-state index is 12.0. The van der Waals surface area contributed by atoms with Crippen molar-refractivity contribution in [2.24, 2.45) is 0 Å². The van der Waals surface area contributed by atoms with E-state index >= 15 is 0 Å². The lowest BCUT2D eigenvalue weighted by molar-refractivity contribution is -0.187. The van der Waals surface area contributed by atoms with E-state index in [1.807, 2.05) is 0 Å². The Balaban J connectivity index is 3.15. The zero-order chi connectivity index (χ0) is 16.0. The van der Waals surface area contributed by atoms with Crippen LogP contribution in [0.25, 0.3) is 0 Å². The summed E-state index contributed by atoms with van der Waals surface area (Å²) in [6, 6.07) is 2.98. The van der Waals surface area contributed by atoms with Crippen molar-refractivity contribution >= 4 is 17.9 Å². The number of hydrogen-bond donors (Lipinski definition) is 0. The SMILES string of the molecule is CC(=O)OC(OC(C)=O)c1ncccc1C(=O)OC(C)C. The van der Waals surface area contributed by atoms with Crippen LogP contribution in [0.4, 0.5) is 0 Å². The standard InChI is InChI=1S/C14H17NO6/c1-8(2)19-13(18)11-6-5-7-15-12(11)14(20-9(3)16)21-10(4)17/h5-8,14H,1-4H3. The van der Waals surface area contributed by atoms with Crippen molar-refractivity contribution < 1.29 is 28.6 Å². The molecule has 1 aromatic rings. The molecule has 0 aliphatic rings. The van der Waals surface area contributed by atoms with Crippen LogP contribution in [-0.4, -0.2) is 29.0 Å². The van der Waals surface area contributed by atoms with Gasteiger partial charge in [0.2, 0.25) is 0 Å². The first kappa shape index (κ1) is 16.6. The van der Waals surface area contributed by atoms with Gasteiger partial charge in [-0.25, -0.2) is 4.79 Å². The lowest BCUT2D eigenvalue weighted by Gasteiger charge is -2.18. The third kappa shape index (κ3) is 5.21. The highest BCUT2D eigenvalue weighted by Crippen LogP contribution is 2.22. The minimum atomic E-state index is -1.39. The van der Waals surface area contributed by atoms with E-state index in [9.17, 15) is 14.4 Å². The molecule has 1 aromatic heterocycles. The molecule has 0 saturated carbocycles. The molecule has 7 heteroatoms. The zero-order valence-corrected chi connectivity index (χ0v) is 12.3. The molecule has 0 radical (unpaired) electrons. The van der Waals surface area contributed by atoms with Gasteiger partial charge in [-0.2, -0.15) is 0 Å². The van der Waals surface area contributed by atoms with Crippen molar-refractivity contribution in [2.75, 3.05) is 0 Å². The Bertz CT molecular complexity index is 524. The Morgan fingerprint density at radius 3 is 2.10 bits per heavy atom. The molecule has 0 aliphatic heterocycles. The van der Waals surface area contributed by atoms with E-state index in [-0.39, 0.29) is 17.4 Å². The summed E-state index contributed by atoms with van der Waals surface area (Å²) in [6.45, 7) is 5.71. The number of ether oxygens (including phenoxy) is 3. The maximum absolute atomic E-state index is 12.0. The molecule has 1 rings (SSSR count). The number of esters is 3. The Morgan fingerprint density at radius 2 is 1.62 bits per heavy atom. The molecule has 0 N–H and O–H groups in total. The summed E-state index contributed by atoms with van der Waals surface area (Å²) in [7, 11) is 0. The van der Waals surface area contributed by atoms with Crippen LogP contribution in [-0.2, 0) is 23.8 Å². The summed E-state index contributed by atoms with van der Waals surface area (Å²) in [5, 5.41) is 0. The fourth-order valence-corrected chi connectivity index (χ4v) is 1.49. The second-order valence-corrected chi connectivity index (χ2v) is 4.44. The van der Waals surface area contributed by atoms with E-state index in [0.717, 1.165) is 13.8 Å². The smallest absolute Gasteiger partial charge is 0.340 e. The molecule has 0 unspecified atom stereocenters. The van der Waals surface area contributed by atoms with Crippen molar-refractivity contribution in [3.63, 3.8) is 0 Å². The van der Waals surface area contributed by atoms with Gasteiger partial charge in [-0.1, -0.05) is 0 Å². The van der Waals surface area contributed by atoms with Crippen LogP contribution < -0.4 is 0 Å². The molecule has 7 nitrogen and oxygen atoms in total. The third-order valence-electron chi connectivity index (χ3n) is 2.17. The van der Waals surface area contributed by atoms with E-state index in [4.69, 9.17) is 14.2 Å². The minimum absolute atomic E-state index is 0.00792. The molecule has 0 amide bonds. The number of pyridine rings is 1. The molecule has 0 bridgehead atoms. The van der Waals surface area contributed by atoms with E-state index < -0.39 is 24.2 Å². The zero-order valence-electron chi connectivity index (χ0n) is 12.3. The van der Waals surface area contributed by atoms with Gasteiger partial charge < -0.3 is 14.2 Å². The molecule has 0 spiro atoms. The molecular formula is C14H17NO6. The molecule has 0 atom stereocenters. The highest BCUT2D eigenvalue weighted by Gasteiger charge is 2.26. The summed E-state index contributed by atoms with van der Waals surface area (Å²) in [5.41, 5.74) is 0.0762. The van der Waals surface area contributed by atoms with Gasteiger partial charge in [-0.3, -0.25) is 14.6 Å². The van der Waals surface area contributed by atoms with Crippen LogP contribution >= 0.6 is 0 Å². The Morgan fingerprint density at radius 1 is 1.05 bits per heavy atom. The first-order chi connectivity index (χ1) is 9.81. The van der Waals surface area contributed by atoms with E-state index in [1.54, 1.807) is 13.8 Å². The average Bonchev–Trinajstić information content (AvgIpc) is 2.36. The molecule has 0 aliphatic carbocycles. The van der Waals surface area contributed by atoms with Crippen molar-refractivity contribution in [1.82, 2.24) is 4.98 Å². The van der Waals surface area contributed by atoms with Gasteiger partial charge in [-0.05, 0) is 26.0 Å². The third-order valence-corrected chi connectivity index (χ3v) is 2.17. The maximum Gasteiger partial charge on any atom is 0.340 e. The van der Waals surface area contributed by atoms with Gasteiger partial charge >= 0.3 is 17.9 Å². The highest BCUT2D eigenvalue weighted by molar-refractivity contribution is 5.90. The van der Waals surface area contributed by atoms with Crippen molar-refractivity contribution in [3.8, 4) is 0 Å². The fourth-order valence-electron chi connectivity index (χ4n) is 1.49. The quantitative estimate of drug-likeness (QED) is 0.603. The number of carbonyl (C=O) groups is 3. The molecule has 0 fully saturated rings. The summed E-state index contributed by atoms with van der Waals surface area (Å²) >= 11 is 0. The predicted molar refractivity (Wildman–Crippen MR) is 71.1 cm³/mol. The van der Waals surface area contributed by atoms with Crippen LogP contribution in [0.1, 0.15) is 50.0 Å². The largest absolute Gasteiger partial charge is 0.459 e. The van der Waals surface area contributed by atoms with Crippen LogP contribution in [0, 0.1) is 0 Å². The van der Waals surface area contributed by atoms with Crippen LogP contribution in [0.15, 0.2) is 18.3 Å². The van der Waals surface area contributed by atoms with Crippen molar-refractivity contribution in [3.05, 3.63) is 29.6 Å². The normalized spacial score (nSPS) is 10.4. The molecule has 0 saturated heterocycles. The summed E-state index contributed by atoms with van der Waals surface area (Å²) in [4.78, 5) is 38.2. The Hall–Kier alpha value is -2.44. The van der Waals surface area contributed by atoms with E-state index in [1.165, 1.54) is 18.3 Å². The minimum Gasteiger partial charge on any atom is -0.459 e. The van der Waals surface area contributed by atoms with E-state index in [2.05, 4.69) is 4.98 Å². The van der Waals surface area contributed by atoms with Crippen LogP contribution in [0.5, 0.6) is 0 Å². The number of nitrogens with zero attached hydrogens (tertiary/aromatic N) is 1. The van der Waals surface area contributed by atoms with Gasteiger partial charge in [0.1, 0.15) is 5.69 Å². The summed E-state index contributed by atoms with van der Waals surface area (Å²) < 4.78 is 14.9. The van der Waals surface area contributed by atoms with Crippen LogP contribution in [0.3, 0.4) is 0 Å². The van der Waals surface area contributed by atoms with Crippen molar-refractivity contribution in [1.29, 1.82) is 0 Å². The molecule has 0 aromatic carbocycles. The first-order valence-corrected chi connectivity index (χ1v) is 6.31. The second-order valence-electron chi connectivity index (χ2n) is 4.44. The first-order valence-electron chi connectivity index (χ1n) is 6.31. The number of aromatic nitrogens is 1. The van der Waals surface area contributed by atoms with Gasteiger partial charge in [0.05, 0.1) is 11.7 Å². The van der Waals surface area contributed by atoms with Gasteiger partial charge in [0.25, 0.3) is 6.29 Å². The lowest BCUT2D eigenvalue weighted by atomic mass is 10.2. The topological polar surface area (TPSA) is 91.8 Å². The predicted octanol–water partition coefficient (Wildman–Crippen LogP) is 1.77. The molecular weight excluding hydrogens is 278 g/mol. The van der Waals surface area contributed by atoms with Crippen LogP contribution in [0.2, 0.25) is 0 Å². The Kier molecular flexibility index (Phi) is 5.83. The molecule has 114 valence electrons. The van der Waals surface area contributed by atoms with Crippen molar-refractivity contribution in [2.45, 2.75) is 40.1 Å². The number of rotatable bonds is 5. The highest BCUT2D eigenvalue weighted by atomic mass is 16.7. The van der Waals surface area contributed by atoms with E-state index in [0.29, 0.717) is 0 Å². The summed E-state index contributed by atoms with van der Waals surface area (Å²) in [6.07, 6.45) is -0.330. The van der Waals surface area contributed by atoms with Gasteiger partial charge in [0, 0.05) is 20.0 Å².